The Balaban J connectivity index is 1.55. The molecule has 4 aromatic rings. The molecule has 0 radical (unpaired) electrons. The molecule has 0 amide bonds. The third kappa shape index (κ3) is 5.15. The molecule has 2 aromatic heterocycles. The number of hydrogen-bond acceptors (Lipinski definition) is 6. The van der Waals surface area contributed by atoms with Gasteiger partial charge in [-0.1, -0.05) is 92.8 Å². The van der Waals surface area contributed by atoms with Crippen molar-refractivity contribution < 1.29 is 9.53 Å². The molecule has 0 unspecified atom stereocenters. The van der Waals surface area contributed by atoms with Gasteiger partial charge in [0.05, 0.1) is 15.8 Å². The van der Waals surface area contributed by atoms with Crippen LogP contribution in [0.3, 0.4) is 0 Å². The zero-order valence-corrected chi connectivity index (χ0v) is 22.9. The highest BCUT2D eigenvalue weighted by molar-refractivity contribution is 7.10. The standard InChI is InChI=1S/C30H28N2O3S2/c1-19-25(28(34)35-18-21-9-6-5-7-10-21)26(23-11-8-16-36-23)32-27(33)24(37-29(32)31-19)17-20-12-14-22(15-13-20)30(2,3)4/h5-17,26H,18H2,1-4H3/b24-17+/t26-/m0/s1. The van der Waals surface area contributed by atoms with E-state index in [1.165, 1.54) is 28.2 Å². The zero-order valence-electron chi connectivity index (χ0n) is 21.2. The van der Waals surface area contributed by atoms with Crippen molar-refractivity contribution in [3.63, 3.8) is 0 Å². The number of esters is 1. The highest BCUT2D eigenvalue weighted by Crippen LogP contribution is 2.33. The summed E-state index contributed by atoms with van der Waals surface area (Å²) in [5, 5.41) is 1.95. The van der Waals surface area contributed by atoms with Crippen LogP contribution in [-0.2, 0) is 21.6 Å². The van der Waals surface area contributed by atoms with Gasteiger partial charge in [-0.25, -0.2) is 9.79 Å². The van der Waals surface area contributed by atoms with Gasteiger partial charge in [0.25, 0.3) is 5.56 Å². The molecule has 5 rings (SSSR count). The Morgan fingerprint density at radius 2 is 1.78 bits per heavy atom. The zero-order chi connectivity index (χ0) is 26.2. The molecule has 0 bridgehead atoms. The summed E-state index contributed by atoms with van der Waals surface area (Å²) >= 11 is 2.85. The summed E-state index contributed by atoms with van der Waals surface area (Å²) < 4.78 is 7.91. The van der Waals surface area contributed by atoms with Crippen LogP contribution in [0, 0.1) is 0 Å². The Labute approximate surface area is 223 Å². The first-order valence-electron chi connectivity index (χ1n) is 12.1. The van der Waals surface area contributed by atoms with Crippen LogP contribution < -0.4 is 14.9 Å². The fourth-order valence-corrected chi connectivity index (χ4v) is 6.20. The van der Waals surface area contributed by atoms with Gasteiger partial charge in [-0.3, -0.25) is 9.36 Å². The number of nitrogens with zero attached hydrogens (tertiary/aromatic N) is 2. The van der Waals surface area contributed by atoms with Crippen molar-refractivity contribution in [1.29, 1.82) is 0 Å². The lowest BCUT2D eigenvalue weighted by molar-refractivity contribution is -0.140. The van der Waals surface area contributed by atoms with Gasteiger partial charge in [0, 0.05) is 4.88 Å². The number of aromatic nitrogens is 1. The van der Waals surface area contributed by atoms with Gasteiger partial charge in [0.2, 0.25) is 0 Å². The lowest BCUT2D eigenvalue weighted by Gasteiger charge is -2.23. The monoisotopic (exact) mass is 528 g/mol. The Hall–Kier alpha value is -3.55. The van der Waals surface area contributed by atoms with Gasteiger partial charge >= 0.3 is 5.97 Å². The molecule has 3 heterocycles. The fraction of sp³-hybridized carbons (Fsp3) is 0.233. The predicted molar refractivity (Wildman–Crippen MR) is 149 cm³/mol. The fourth-order valence-electron chi connectivity index (χ4n) is 4.33. The van der Waals surface area contributed by atoms with Crippen LogP contribution in [0.4, 0.5) is 0 Å². The Morgan fingerprint density at radius 1 is 1.05 bits per heavy atom. The molecule has 37 heavy (non-hydrogen) atoms. The van der Waals surface area contributed by atoms with E-state index in [4.69, 9.17) is 4.74 Å². The summed E-state index contributed by atoms with van der Waals surface area (Å²) in [4.78, 5) is 33.2. The third-order valence-corrected chi connectivity index (χ3v) is 8.25. The van der Waals surface area contributed by atoms with Gasteiger partial charge in [-0.2, -0.15) is 0 Å². The van der Waals surface area contributed by atoms with Gasteiger partial charge < -0.3 is 4.74 Å². The van der Waals surface area contributed by atoms with Crippen molar-refractivity contribution in [2.24, 2.45) is 4.99 Å². The van der Waals surface area contributed by atoms with Crippen LogP contribution in [0.2, 0.25) is 0 Å². The highest BCUT2D eigenvalue weighted by atomic mass is 32.1. The summed E-state index contributed by atoms with van der Waals surface area (Å²) in [5.41, 5.74) is 3.94. The highest BCUT2D eigenvalue weighted by Gasteiger charge is 2.34. The van der Waals surface area contributed by atoms with E-state index in [-0.39, 0.29) is 17.6 Å². The summed E-state index contributed by atoms with van der Waals surface area (Å²) in [6, 6.07) is 21.1. The largest absolute Gasteiger partial charge is 0.457 e. The van der Waals surface area contributed by atoms with E-state index in [0.29, 0.717) is 20.6 Å². The van der Waals surface area contributed by atoms with Crippen LogP contribution in [0.15, 0.2) is 93.2 Å². The van der Waals surface area contributed by atoms with Crippen molar-refractivity contribution in [3.05, 3.63) is 125 Å². The summed E-state index contributed by atoms with van der Waals surface area (Å²) in [6.07, 6.45) is 1.90. The predicted octanol–water partition coefficient (Wildman–Crippen LogP) is 5.34. The maximum absolute atomic E-state index is 13.7. The van der Waals surface area contributed by atoms with E-state index in [9.17, 15) is 9.59 Å². The number of ether oxygens (including phenoxy) is 1. The van der Waals surface area contributed by atoms with E-state index < -0.39 is 12.0 Å². The van der Waals surface area contributed by atoms with E-state index in [2.05, 4.69) is 37.9 Å². The molecule has 7 heteroatoms. The molecule has 1 atom stereocenters. The number of thiazole rings is 1. The molecular formula is C30H28N2O3S2. The second-order valence-corrected chi connectivity index (χ2v) is 12.0. The molecule has 1 aliphatic heterocycles. The molecule has 1 aliphatic rings. The molecule has 5 nitrogen and oxygen atoms in total. The number of hydrogen-bond donors (Lipinski definition) is 0. The number of rotatable bonds is 5. The van der Waals surface area contributed by atoms with Crippen LogP contribution >= 0.6 is 22.7 Å². The topological polar surface area (TPSA) is 60.7 Å². The van der Waals surface area contributed by atoms with Gasteiger partial charge in [0.15, 0.2) is 4.80 Å². The maximum atomic E-state index is 13.7. The van der Waals surface area contributed by atoms with Gasteiger partial charge in [-0.05, 0) is 46.6 Å². The smallest absolute Gasteiger partial charge is 0.338 e. The Morgan fingerprint density at radius 3 is 2.43 bits per heavy atom. The first-order valence-corrected chi connectivity index (χ1v) is 13.8. The lowest BCUT2D eigenvalue weighted by Crippen LogP contribution is -2.39. The Kier molecular flexibility index (Phi) is 6.84. The number of carbonyl (C=O) groups is 1. The maximum Gasteiger partial charge on any atom is 0.338 e. The number of allylic oxidation sites excluding steroid dienone is 1. The summed E-state index contributed by atoms with van der Waals surface area (Å²) in [5.74, 6) is -0.462. The minimum Gasteiger partial charge on any atom is -0.457 e. The normalized spacial score (nSPS) is 15.9. The molecule has 0 fully saturated rings. The van der Waals surface area contributed by atoms with Crippen molar-refractivity contribution in [1.82, 2.24) is 4.57 Å². The second kappa shape index (κ2) is 10.1. The SMILES string of the molecule is CC1=C(C(=O)OCc2ccccc2)[C@H](c2cccs2)n2c(s/c(=C/c3ccc(C(C)(C)C)cc3)c2=O)=N1. The average molecular weight is 529 g/mol. The molecule has 0 N–H and O–H groups in total. The van der Waals surface area contributed by atoms with Crippen LogP contribution in [0.5, 0.6) is 0 Å². The number of carbonyl (C=O) groups excluding carboxylic acids is 1. The number of thiophene rings is 1. The molecule has 2 aromatic carbocycles. The minimum atomic E-state index is -0.579. The number of fused-ring (bicyclic) bond motifs is 1. The molecule has 188 valence electrons. The lowest BCUT2D eigenvalue weighted by atomic mass is 9.87. The summed E-state index contributed by atoms with van der Waals surface area (Å²) in [7, 11) is 0. The Bertz CT molecular complexity index is 1640. The van der Waals surface area contributed by atoms with Crippen molar-refractivity contribution >= 4 is 34.7 Å². The number of benzene rings is 2. The minimum absolute atomic E-state index is 0.0572. The van der Waals surface area contributed by atoms with Crippen molar-refractivity contribution in [2.75, 3.05) is 0 Å². The third-order valence-electron chi connectivity index (χ3n) is 6.34. The van der Waals surface area contributed by atoms with E-state index in [1.54, 1.807) is 4.57 Å². The van der Waals surface area contributed by atoms with Crippen LogP contribution in [0.1, 0.15) is 55.3 Å². The molecule has 0 saturated heterocycles. The summed E-state index contributed by atoms with van der Waals surface area (Å²) in [6.45, 7) is 8.49. The van der Waals surface area contributed by atoms with Crippen LogP contribution in [0.25, 0.3) is 6.08 Å². The quantitative estimate of drug-likeness (QED) is 0.329. The molecule has 0 aliphatic carbocycles. The molecular weight excluding hydrogens is 500 g/mol. The van der Waals surface area contributed by atoms with Crippen LogP contribution in [-0.4, -0.2) is 10.5 Å². The molecule has 0 spiro atoms. The van der Waals surface area contributed by atoms with E-state index in [1.807, 2.05) is 73.0 Å². The van der Waals surface area contributed by atoms with E-state index >= 15 is 0 Å². The first kappa shape index (κ1) is 25.1. The second-order valence-electron chi connectivity index (χ2n) is 10.0. The van der Waals surface area contributed by atoms with Gasteiger partial charge in [-0.15, -0.1) is 11.3 Å². The van der Waals surface area contributed by atoms with Gasteiger partial charge in [0.1, 0.15) is 12.6 Å². The van der Waals surface area contributed by atoms with Crippen molar-refractivity contribution in [2.45, 2.75) is 45.8 Å². The average Bonchev–Trinajstić information content (AvgIpc) is 3.51. The molecule has 0 saturated carbocycles. The van der Waals surface area contributed by atoms with Crippen molar-refractivity contribution in [3.8, 4) is 0 Å². The van der Waals surface area contributed by atoms with E-state index in [0.717, 1.165) is 16.0 Å². The first-order chi connectivity index (χ1) is 17.7.